The van der Waals surface area contributed by atoms with E-state index in [9.17, 15) is 4.79 Å². The predicted molar refractivity (Wildman–Crippen MR) is 95.3 cm³/mol. The summed E-state index contributed by atoms with van der Waals surface area (Å²) in [6.45, 7) is 2.04. The van der Waals surface area contributed by atoms with Crippen LogP contribution in [-0.2, 0) is 0 Å². The predicted octanol–water partition coefficient (Wildman–Crippen LogP) is 3.98. The fraction of sp³-hybridized carbons (Fsp3) is 0.100. The van der Waals surface area contributed by atoms with Crippen molar-refractivity contribution >= 4 is 16.9 Å². The van der Waals surface area contributed by atoms with Crippen molar-refractivity contribution in [1.82, 2.24) is 15.3 Å². The van der Waals surface area contributed by atoms with Crippen LogP contribution in [0.4, 0.5) is 0 Å². The molecule has 0 saturated carbocycles. The summed E-state index contributed by atoms with van der Waals surface area (Å²) >= 11 is 0. The van der Waals surface area contributed by atoms with Gasteiger partial charge in [-0.2, -0.15) is 0 Å². The van der Waals surface area contributed by atoms with E-state index in [0.717, 1.165) is 22.2 Å². The molecule has 5 nitrogen and oxygen atoms in total. The number of carbonyl (C=O) groups excluding carboxylic acids is 1. The molecule has 5 heteroatoms. The first-order valence-corrected chi connectivity index (χ1v) is 8.06. The molecule has 1 atom stereocenters. The number of hydrogen-bond donors (Lipinski definition) is 2. The second-order valence-corrected chi connectivity index (χ2v) is 5.94. The van der Waals surface area contributed by atoms with Crippen LogP contribution in [0.1, 0.15) is 33.5 Å². The summed E-state index contributed by atoms with van der Waals surface area (Å²) in [7, 11) is 0. The molecule has 2 heterocycles. The van der Waals surface area contributed by atoms with E-state index in [2.05, 4.69) is 15.3 Å². The van der Waals surface area contributed by atoms with Gasteiger partial charge in [0.15, 0.2) is 5.76 Å². The van der Waals surface area contributed by atoms with Crippen molar-refractivity contribution < 1.29 is 9.21 Å². The molecular weight excluding hydrogens is 314 g/mol. The number of aryl methyl sites for hydroxylation is 1. The smallest absolute Gasteiger partial charge is 0.287 e. The Morgan fingerprint density at radius 2 is 1.96 bits per heavy atom. The van der Waals surface area contributed by atoms with Crippen molar-refractivity contribution in [2.45, 2.75) is 13.0 Å². The van der Waals surface area contributed by atoms with Gasteiger partial charge in [0.1, 0.15) is 11.9 Å². The van der Waals surface area contributed by atoms with E-state index in [1.807, 2.05) is 55.5 Å². The van der Waals surface area contributed by atoms with Crippen LogP contribution in [0.3, 0.4) is 0 Å². The van der Waals surface area contributed by atoms with Crippen LogP contribution in [0, 0.1) is 6.92 Å². The van der Waals surface area contributed by atoms with Gasteiger partial charge in [0.2, 0.25) is 0 Å². The van der Waals surface area contributed by atoms with Gasteiger partial charge in [-0.05, 0) is 42.3 Å². The number of aromatic amines is 1. The number of nitrogens with one attached hydrogen (secondary N) is 2. The quantitative estimate of drug-likeness (QED) is 0.594. The van der Waals surface area contributed by atoms with Crippen LogP contribution >= 0.6 is 0 Å². The minimum absolute atomic E-state index is 0.271. The van der Waals surface area contributed by atoms with E-state index in [4.69, 9.17) is 4.42 Å². The topological polar surface area (TPSA) is 70.9 Å². The Bertz CT molecular complexity index is 1000. The van der Waals surface area contributed by atoms with E-state index < -0.39 is 6.04 Å². The zero-order valence-electron chi connectivity index (χ0n) is 13.7. The molecular formula is C20H17N3O2. The maximum Gasteiger partial charge on any atom is 0.287 e. The monoisotopic (exact) mass is 331 g/mol. The Labute approximate surface area is 144 Å². The van der Waals surface area contributed by atoms with Gasteiger partial charge in [-0.15, -0.1) is 0 Å². The first-order valence-electron chi connectivity index (χ1n) is 8.06. The molecule has 0 aliphatic carbocycles. The molecule has 0 spiro atoms. The molecule has 25 heavy (non-hydrogen) atoms. The molecule has 4 aromatic rings. The van der Waals surface area contributed by atoms with Crippen LogP contribution in [-0.4, -0.2) is 15.9 Å². The number of nitrogens with zero attached hydrogens (tertiary/aromatic N) is 1. The normalized spacial score (nSPS) is 12.2. The molecule has 2 aromatic heterocycles. The van der Waals surface area contributed by atoms with E-state index >= 15 is 0 Å². The third-order valence-corrected chi connectivity index (χ3v) is 4.08. The van der Waals surface area contributed by atoms with E-state index in [1.54, 1.807) is 12.1 Å². The van der Waals surface area contributed by atoms with Gasteiger partial charge in [-0.3, -0.25) is 4.79 Å². The fourth-order valence-corrected chi connectivity index (χ4v) is 2.84. The van der Waals surface area contributed by atoms with Crippen LogP contribution in [0.15, 0.2) is 71.3 Å². The molecule has 124 valence electrons. The number of hydrogen-bond acceptors (Lipinski definition) is 3. The highest BCUT2D eigenvalue weighted by atomic mass is 16.3. The van der Waals surface area contributed by atoms with Gasteiger partial charge in [0, 0.05) is 0 Å². The van der Waals surface area contributed by atoms with E-state index in [1.165, 1.54) is 6.26 Å². The summed E-state index contributed by atoms with van der Waals surface area (Å²) in [4.78, 5) is 20.5. The summed E-state index contributed by atoms with van der Waals surface area (Å²) in [5.41, 5.74) is 3.91. The molecule has 0 fully saturated rings. The number of imidazole rings is 1. The van der Waals surface area contributed by atoms with Gasteiger partial charge >= 0.3 is 0 Å². The SMILES string of the molecule is Cc1ccc2nc(C(NC(=O)c3ccco3)c3ccccc3)[nH]c2c1. The number of rotatable bonds is 4. The highest BCUT2D eigenvalue weighted by molar-refractivity contribution is 5.92. The third kappa shape index (κ3) is 3.04. The number of furan rings is 1. The number of H-pyrrole nitrogens is 1. The Morgan fingerprint density at radius 3 is 2.72 bits per heavy atom. The van der Waals surface area contributed by atoms with E-state index in [-0.39, 0.29) is 11.7 Å². The Hall–Kier alpha value is -3.34. The standard InChI is InChI=1S/C20H17N3O2/c1-13-9-10-15-16(12-13)22-19(21-15)18(14-6-3-2-4-7-14)23-20(24)17-8-5-11-25-17/h2-12,18H,1H3,(H,21,22)(H,23,24). The third-order valence-electron chi connectivity index (χ3n) is 4.08. The molecule has 0 saturated heterocycles. The van der Waals surface area contributed by atoms with Gasteiger partial charge in [-0.25, -0.2) is 4.98 Å². The lowest BCUT2D eigenvalue weighted by atomic mass is 10.1. The van der Waals surface area contributed by atoms with Crippen molar-refractivity contribution in [3.8, 4) is 0 Å². The lowest BCUT2D eigenvalue weighted by Crippen LogP contribution is -2.29. The Balaban J connectivity index is 1.75. The summed E-state index contributed by atoms with van der Waals surface area (Å²) < 4.78 is 5.20. The second kappa shape index (κ2) is 6.28. The van der Waals surface area contributed by atoms with E-state index in [0.29, 0.717) is 5.82 Å². The molecule has 0 bridgehead atoms. The highest BCUT2D eigenvalue weighted by Gasteiger charge is 2.22. The number of carbonyl (C=O) groups is 1. The number of benzene rings is 2. The molecule has 4 rings (SSSR count). The molecule has 0 radical (unpaired) electrons. The average Bonchev–Trinajstić information content (AvgIpc) is 3.29. The largest absolute Gasteiger partial charge is 0.459 e. The zero-order chi connectivity index (χ0) is 17.2. The average molecular weight is 331 g/mol. The minimum atomic E-state index is -0.397. The van der Waals surface area contributed by atoms with Gasteiger partial charge < -0.3 is 14.7 Å². The van der Waals surface area contributed by atoms with Crippen LogP contribution in [0.2, 0.25) is 0 Å². The molecule has 2 aromatic carbocycles. The van der Waals surface area contributed by atoms with Crippen LogP contribution in [0.5, 0.6) is 0 Å². The Morgan fingerprint density at radius 1 is 1.12 bits per heavy atom. The molecule has 1 unspecified atom stereocenters. The lowest BCUT2D eigenvalue weighted by molar-refractivity contribution is 0.0913. The van der Waals surface area contributed by atoms with Crippen molar-refractivity contribution in [3.05, 3.63) is 89.6 Å². The molecule has 1 amide bonds. The maximum atomic E-state index is 12.5. The summed E-state index contributed by atoms with van der Waals surface area (Å²) in [6, 6.07) is 18.7. The zero-order valence-corrected chi connectivity index (χ0v) is 13.7. The van der Waals surface area contributed by atoms with Crippen LogP contribution < -0.4 is 5.32 Å². The lowest BCUT2D eigenvalue weighted by Gasteiger charge is -2.16. The summed E-state index contributed by atoms with van der Waals surface area (Å²) in [5, 5.41) is 3.00. The van der Waals surface area contributed by atoms with Crippen molar-refractivity contribution in [3.63, 3.8) is 0 Å². The first-order chi connectivity index (χ1) is 12.2. The minimum Gasteiger partial charge on any atom is -0.459 e. The summed E-state index contributed by atoms with van der Waals surface area (Å²) in [6.07, 6.45) is 1.48. The number of amides is 1. The summed E-state index contributed by atoms with van der Waals surface area (Å²) in [5.74, 6) is 0.676. The van der Waals surface area contributed by atoms with Crippen molar-refractivity contribution in [2.24, 2.45) is 0 Å². The fourth-order valence-electron chi connectivity index (χ4n) is 2.84. The molecule has 2 N–H and O–H groups in total. The first kappa shape index (κ1) is 15.2. The highest BCUT2D eigenvalue weighted by Crippen LogP contribution is 2.23. The maximum absolute atomic E-state index is 12.5. The van der Waals surface area contributed by atoms with Crippen molar-refractivity contribution in [2.75, 3.05) is 0 Å². The van der Waals surface area contributed by atoms with Gasteiger partial charge in [0.05, 0.1) is 17.3 Å². The number of aromatic nitrogens is 2. The van der Waals surface area contributed by atoms with Gasteiger partial charge in [0.25, 0.3) is 5.91 Å². The Kier molecular flexibility index (Phi) is 3.82. The number of fused-ring (bicyclic) bond motifs is 1. The molecule has 0 aliphatic heterocycles. The second-order valence-electron chi connectivity index (χ2n) is 5.94. The van der Waals surface area contributed by atoms with Crippen LogP contribution in [0.25, 0.3) is 11.0 Å². The van der Waals surface area contributed by atoms with Crippen molar-refractivity contribution in [1.29, 1.82) is 0 Å². The van der Waals surface area contributed by atoms with Gasteiger partial charge in [-0.1, -0.05) is 36.4 Å². The molecule has 0 aliphatic rings.